The predicted octanol–water partition coefficient (Wildman–Crippen LogP) is 4.62. The van der Waals surface area contributed by atoms with Gasteiger partial charge in [-0.3, -0.25) is 0 Å². The largest absolute Gasteiger partial charge is 0.508 e. The second-order valence-corrected chi connectivity index (χ2v) is 6.89. The molecule has 1 unspecified atom stereocenters. The van der Waals surface area contributed by atoms with E-state index in [9.17, 15) is 5.11 Å². The minimum Gasteiger partial charge on any atom is -0.508 e. The van der Waals surface area contributed by atoms with Gasteiger partial charge in [-0.25, -0.2) is 0 Å². The van der Waals surface area contributed by atoms with Crippen LogP contribution in [-0.4, -0.2) is 5.11 Å². The summed E-state index contributed by atoms with van der Waals surface area (Å²) in [6.07, 6.45) is 10.4. The fourth-order valence-electron chi connectivity index (χ4n) is 4.77. The molecule has 1 fully saturated rings. The maximum absolute atomic E-state index is 9.67. The Labute approximate surface area is 126 Å². The Hall–Kier alpha value is -1.94. The van der Waals surface area contributed by atoms with E-state index in [1.165, 1.54) is 29.4 Å². The summed E-state index contributed by atoms with van der Waals surface area (Å²) in [5.41, 5.74) is 3.25. The summed E-state index contributed by atoms with van der Waals surface area (Å²) in [4.78, 5) is 0. The smallest absolute Gasteiger partial charge is 0.116 e. The minimum absolute atomic E-state index is 0.270. The highest BCUT2D eigenvalue weighted by Gasteiger charge is 2.48. The molecule has 1 saturated carbocycles. The molecule has 3 atom stereocenters. The normalized spacial score (nSPS) is 30.7. The fraction of sp³-hybridized carbons (Fsp3) is 0.400. The molecular weight excluding hydrogens is 256 g/mol. The molecule has 0 saturated heterocycles. The number of rotatable bonds is 0. The molecule has 0 bridgehead atoms. The van der Waals surface area contributed by atoms with Crippen molar-refractivity contribution in [3.05, 3.63) is 41.5 Å². The van der Waals surface area contributed by atoms with Crippen molar-refractivity contribution in [1.82, 2.24) is 0 Å². The van der Waals surface area contributed by atoms with Crippen LogP contribution in [0.2, 0.25) is 0 Å². The van der Waals surface area contributed by atoms with E-state index in [-0.39, 0.29) is 5.41 Å². The molecule has 106 valence electrons. The van der Waals surface area contributed by atoms with Gasteiger partial charge in [0, 0.05) is 5.92 Å². The molecular formula is C20H20O. The van der Waals surface area contributed by atoms with Gasteiger partial charge in [-0.15, -0.1) is 12.3 Å². The quantitative estimate of drug-likeness (QED) is 0.696. The monoisotopic (exact) mass is 276 g/mol. The molecule has 4 rings (SSSR count). The number of terminal acetylenes is 1. The lowest BCUT2D eigenvalue weighted by molar-refractivity contribution is 0.211. The molecule has 2 aliphatic rings. The second-order valence-electron chi connectivity index (χ2n) is 6.89. The van der Waals surface area contributed by atoms with Crippen LogP contribution in [0.15, 0.2) is 30.3 Å². The van der Waals surface area contributed by atoms with Gasteiger partial charge in [0.15, 0.2) is 0 Å². The molecule has 0 spiro atoms. The molecule has 0 aliphatic heterocycles. The van der Waals surface area contributed by atoms with Gasteiger partial charge in [0.25, 0.3) is 0 Å². The van der Waals surface area contributed by atoms with E-state index in [1.54, 1.807) is 6.07 Å². The molecule has 1 heteroatoms. The van der Waals surface area contributed by atoms with E-state index in [1.807, 2.05) is 6.07 Å². The van der Waals surface area contributed by atoms with Crippen molar-refractivity contribution in [3.8, 4) is 18.1 Å². The molecule has 1 N–H and O–H groups in total. The predicted molar refractivity (Wildman–Crippen MR) is 86.3 cm³/mol. The Bertz CT molecular complexity index is 767. The Morgan fingerprint density at radius 3 is 2.90 bits per heavy atom. The van der Waals surface area contributed by atoms with Crippen molar-refractivity contribution >= 4 is 10.8 Å². The van der Waals surface area contributed by atoms with Crippen molar-refractivity contribution in [2.24, 2.45) is 11.3 Å². The summed E-state index contributed by atoms with van der Waals surface area (Å²) < 4.78 is 0. The van der Waals surface area contributed by atoms with Gasteiger partial charge in [0.2, 0.25) is 0 Å². The lowest BCUT2D eigenvalue weighted by atomic mass is 9.63. The third kappa shape index (κ3) is 1.65. The Balaban J connectivity index is 1.91. The van der Waals surface area contributed by atoms with Crippen molar-refractivity contribution in [2.75, 3.05) is 0 Å². The molecule has 0 heterocycles. The Kier molecular flexibility index (Phi) is 2.60. The van der Waals surface area contributed by atoms with Gasteiger partial charge < -0.3 is 5.11 Å². The van der Waals surface area contributed by atoms with Gasteiger partial charge in [-0.1, -0.05) is 25.1 Å². The van der Waals surface area contributed by atoms with Crippen LogP contribution >= 0.6 is 0 Å². The molecule has 1 nitrogen and oxygen atoms in total. The molecule has 0 radical (unpaired) electrons. The molecule has 2 aromatic carbocycles. The topological polar surface area (TPSA) is 20.2 Å². The number of aryl methyl sites for hydroxylation is 1. The number of phenolic OH excluding ortho intramolecular Hbond substituents is 1. The van der Waals surface area contributed by atoms with Crippen LogP contribution in [0.1, 0.15) is 43.2 Å². The molecule has 2 aromatic rings. The maximum Gasteiger partial charge on any atom is 0.116 e. The lowest BCUT2D eigenvalue weighted by Gasteiger charge is -2.40. The third-order valence-corrected chi connectivity index (χ3v) is 5.98. The SMILES string of the molecule is C#C[C@H]1CCC2c3ccc4cc(O)ccc4c3CC[C@@]21C. The summed E-state index contributed by atoms with van der Waals surface area (Å²) in [5.74, 6) is 4.41. The molecule has 0 aromatic heterocycles. The van der Waals surface area contributed by atoms with Gasteiger partial charge in [-0.05, 0) is 71.0 Å². The molecule has 0 amide bonds. The van der Waals surface area contributed by atoms with Crippen LogP contribution < -0.4 is 0 Å². The van der Waals surface area contributed by atoms with E-state index in [2.05, 4.69) is 31.0 Å². The number of hydrogen-bond donors (Lipinski definition) is 1. The van der Waals surface area contributed by atoms with E-state index >= 15 is 0 Å². The van der Waals surface area contributed by atoms with E-state index < -0.39 is 0 Å². The number of benzene rings is 2. The van der Waals surface area contributed by atoms with Crippen LogP contribution in [0.25, 0.3) is 10.8 Å². The van der Waals surface area contributed by atoms with Crippen molar-refractivity contribution in [1.29, 1.82) is 0 Å². The minimum atomic E-state index is 0.270. The second kappa shape index (κ2) is 4.28. The molecule has 21 heavy (non-hydrogen) atoms. The number of fused-ring (bicyclic) bond motifs is 5. The number of phenols is 1. The summed E-state index contributed by atoms with van der Waals surface area (Å²) in [6.45, 7) is 2.39. The van der Waals surface area contributed by atoms with Crippen LogP contribution in [0.4, 0.5) is 0 Å². The van der Waals surface area contributed by atoms with E-state index in [0.717, 1.165) is 18.2 Å². The summed E-state index contributed by atoms with van der Waals surface area (Å²) >= 11 is 0. The van der Waals surface area contributed by atoms with E-state index in [4.69, 9.17) is 6.42 Å². The number of aromatic hydroxyl groups is 1. The molecule has 2 aliphatic carbocycles. The van der Waals surface area contributed by atoms with Crippen LogP contribution in [0.3, 0.4) is 0 Å². The van der Waals surface area contributed by atoms with Crippen LogP contribution in [-0.2, 0) is 6.42 Å². The summed E-state index contributed by atoms with van der Waals surface area (Å²) in [5, 5.41) is 12.1. The maximum atomic E-state index is 9.67. The van der Waals surface area contributed by atoms with E-state index in [0.29, 0.717) is 17.6 Å². The van der Waals surface area contributed by atoms with Gasteiger partial charge in [0.05, 0.1) is 0 Å². The zero-order chi connectivity index (χ0) is 14.6. The van der Waals surface area contributed by atoms with Crippen molar-refractivity contribution in [2.45, 2.75) is 38.5 Å². The standard InChI is InChI=1S/C20H20O/c1-3-14-5-9-19-18-7-4-13-12-15(21)6-8-16(13)17(18)10-11-20(14,19)2/h1,4,6-8,12,14,19,21H,5,9-11H2,2H3/t14-,19?,20+/m0/s1. The fourth-order valence-corrected chi connectivity index (χ4v) is 4.77. The lowest BCUT2D eigenvalue weighted by Crippen LogP contribution is -2.31. The van der Waals surface area contributed by atoms with Gasteiger partial charge >= 0.3 is 0 Å². The average Bonchev–Trinajstić information content (AvgIpc) is 2.83. The highest BCUT2D eigenvalue weighted by atomic mass is 16.3. The van der Waals surface area contributed by atoms with Gasteiger partial charge in [-0.2, -0.15) is 0 Å². The Morgan fingerprint density at radius 2 is 2.10 bits per heavy atom. The van der Waals surface area contributed by atoms with Crippen LogP contribution in [0, 0.1) is 23.7 Å². The first-order chi connectivity index (χ1) is 10.1. The summed E-state index contributed by atoms with van der Waals surface area (Å²) in [6, 6.07) is 10.2. The Morgan fingerprint density at radius 1 is 1.24 bits per heavy atom. The van der Waals surface area contributed by atoms with Crippen molar-refractivity contribution in [3.63, 3.8) is 0 Å². The van der Waals surface area contributed by atoms with Crippen molar-refractivity contribution < 1.29 is 5.11 Å². The van der Waals surface area contributed by atoms with Gasteiger partial charge in [0.1, 0.15) is 5.75 Å². The van der Waals surface area contributed by atoms with Crippen LogP contribution in [0.5, 0.6) is 5.75 Å². The first-order valence-electron chi connectivity index (χ1n) is 7.84. The zero-order valence-electron chi connectivity index (χ0n) is 12.4. The highest BCUT2D eigenvalue weighted by Crippen LogP contribution is 2.59. The number of hydrogen-bond acceptors (Lipinski definition) is 1. The first-order valence-corrected chi connectivity index (χ1v) is 7.84. The highest BCUT2D eigenvalue weighted by molar-refractivity contribution is 5.88. The zero-order valence-corrected chi connectivity index (χ0v) is 12.4. The first kappa shape index (κ1) is 12.8. The third-order valence-electron chi connectivity index (χ3n) is 5.98. The average molecular weight is 276 g/mol. The summed E-state index contributed by atoms with van der Waals surface area (Å²) in [7, 11) is 0.